The standard InChI is InChI=1S/C13H14ClNO5S/c14-11-3-1-10(2-4-11)5-8-21(18,19)15-13(12(16)17)6-7-20-9-13/h1-5,8,15H,6-7,9H2,(H,16,17). The van der Waals surface area contributed by atoms with Gasteiger partial charge in [0.2, 0.25) is 10.0 Å². The number of hydrogen-bond donors (Lipinski definition) is 2. The van der Waals surface area contributed by atoms with Gasteiger partial charge in [-0.2, -0.15) is 4.72 Å². The third kappa shape index (κ3) is 4.04. The molecule has 1 fully saturated rings. The zero-order valence-corrected chi connectivity index (χ0v) is 12.5. The van der Waals surface area contributed by atoms with Gasteiger partial charge in [0.1, 0.15) is 0 Å². The van der Waals surface area contributed by atoms with Crippen molar-refractivity contribution in [3.63, 3.8) is 0 Å². The summed E-state index contributed by atoms with van der Waals surface area (Å²) < 4.78 is 31.2. The number of benzene rings is 1. The van der Waals surface area contributed by atoms with Crippen LogP contribution in [0.4, 0.5) is 0 Å². The van der Waals surface area contributed by atoms with E-state index in [-0.39, 0.29) is 19.6 Å². The molecule has 2 N–H and O–H groups in total. The van der Waals surface area contributed by atoms with Crippen molar-refractivity contribution in [1.82, 2.24) is 4.72 Å². The molecule has 1 heterocycles. The van der Waals surface area contributed by atoms with E-state index in [1.165, 1.54) is 6.08 Å². The first-order chi connectivity index (χ1) is 9.83. The topological polar surface area (TPSA) is 92.7 Å². The van der Waals surface area contributed by atoms with Gasteiger partial charge < -0.3 is 9.84 Å². The Bertz CT molecular complexity index is 648. The van der Waals surface area contributed by atoms with Gasteiger partial charge in [-0.3, -0.25) is 4.79 Å². The largest absolute Gasteiger partial charge is 0.480 e. The molecule has 0 aromatic heterocycles. The van der Waals surface area contributed by atoms with E-state index in [4.69, 9.17) is 16.3 Å². The number of nitrogens with one attached hydrogen (secondary N) is 1. The average Bonchev–Trinajstić information content (AvgIpc) is 2.87. The van der Waals surface area contributed by atoms with Crippen LogP contribution in [0.25, 0.3) is 6.08 Å². The summed E-state index contributed by atoms with van der Waals surface area (Å²) in [6.45, 7) is 0.0199. The number of hydrogen-bond acceptors (Lipinski definition) is 4. The van der Waals surface area contributed by atoms with Crippen molar-refractivity contribution in [2.24, 2.45) is 0 Å². The Kier molecular flexibility index (Phi) is 4.67. The highest BCUT2D eigenvalue weighted by molar-refractivity contribution is 7.92. The second-order valence-electron chi connectivity index (χ2n) is 4.69. The summed E-state index contributed by atoms with van der Waals surface area (Å²) in [6.07, 6.45) is 1.46. The van der Waals surface area contributed by atoms with Crippen LogP contribution in [-0.4, -0.2) is 38.2 Å². The predicted octanol–water partition coefficient (Wildman–Crippen LogP) is 1.47. The van der Waals surface area contributed by atoms with E-state index in [1.54, 1.807) is 24.3 Å². The van der Waals surface area contributed by atoms with E-state index >= 15 is 0 Å². The summed E-state index contributed by atoms with van der Waals surface area (Å²) in [6, 6.07) is 6.57. The molecule has 0 amide bonds. The number of aliphatic carboxylic acids is 1. The maximum atomic E-state index is 12.0. The smallest absolute Gasteiger partial charge is 0.327 e. The number of rotatable bonds is 5. The molecule has 0 aliphatic carbocycles. The predicted molar refractivity (Wildman–Crippen MR) is 78.3 cm³/mol. The van der Waals surface area contributed by atoms with Crippen LogP contribution < -0.4 is 4.72 Å². The van der Waals surface area contributed by atoms with E-state index in [0.717, 1.165) is 5.41 Å². The Hall–Kier alpha value is -1.41. The first kappa shape index (κ1) is 16.0. The Labute approximate surface area is 127 Å². The van der Waals surface area contributed by atoms with Crippen molar-refractivity contribution in [2.45, 2.75) is 12.0 Å². The van der Waals surface area contributed by atoms with Crippen LogP contribution in [0.15, 0.2) is 29.7 Å². The lowest BCUT2D eigenvalue weighted by Crippen LogP contribution is -2.54. The highest BCUT2D eigenvalue weighted by Crippen LogP contribution is 2.20. The summed E-state index contributed by atoms with van der Waals surface area (Å²) in [5.74, 6) is -1.25. The Morgan fingerprint density at radius 2 is 2.05 bits per heavy atom. The van der Waals surface area contributed by atoms with Crippen molar-refractivity contribution < 1.29 is 23.1 Å². The molecule has 1 aliphatic rings. The molecule has 1 saturated heterocycles. The summed E-state index contributed by atoms with van der Waals surface area (Å²) in [7, 11) is -3.90. The highest BCUT2D eigenvalue weighted by Gasteiger charge is 2.45. The van der Waals surface area contributed by atoms with Gasteiger partial charge in [-0.15, -0.1) is 0 Å². The van der Waals surface area contributed by atoms with Gasteiger partial charge in [0, 0.05) is 23.5 Å². The molecule has 1 unspecified atom stereocenters. The Morgan fingerprint density at radius 3 is 2.57 bits per heavy atom. The van der Waals surface area contributed by atoms with Crippen LogP contribution in [0, 0.1) is 0 Å². The van der Waals surface area contributed by atoms with Crippen molar-refractivity contribution in [1.29, 1.82) is 0 Å². The number of sulfonamides is 1. The fraction of sp³-hybridized carbons (Fsp3) is 0.308. The van der Waals surface area contributed by atoms with Gasteiger partial charge in [0.15, 0.2) is 5.54 Å². The number of ether oxygens (including phenoxy) is 1. The van der Waals surface area contributed by atoms with Gasteiger partial charge in [0.25, 0.3) is 0 Å². The molecule has 2 rings (SSSR count). The Balaban J connectivity index is 2.14. The number of carbonyl (C=O) groups is 1. The van der Waals surface area contributed by atoms with Gasteiger partial charge in [-0.25, -0.2) is 8.42 Å². The normalized spacial score (nSPS) is 22.7. The Morgan fingerprint density at radius 1 is 1.38 bits per heavy atom. The van der Waals surface area contributed by atoms with Crippen LogP contribution >= 0.6 is 11.6 Å². The molecule has 0 bridgehead atoms. The lowest BCUT2D eigenvalue weighted by molar-refractivity contribution is -0.144. The quantitative estimate of drug-likeness (QED) is 0.852. The average molecular weight is 332 g/mol. The van der Waals surface area contributed by atoms with E-state index in [1.807, 2.05) is 0 Å². The van der Waals surface area contributed by atoms with Crippen LogP contribution in [0.5, 0.6) is 0 Å². The third-order valence-corrected chi connectivity index (χ3v) is 4.50. The molecular formula is C13H14ClNO5S. The molecule has 21 heavy (non-hydrogen) atoms. The molecule has 1 aliphatic heterocycles. The maximum Gasteiger partial charge on any atom is 0.327 e. The van der Waals surface area contributed by atoms with Gasteiger partial charge in [-0.1, -0.05) is 23.7 Å². The van der Waals surface area contributed by atoms with Crippen molar-refractivity contribution in [3.05, 3.63) is 40.3 Å². The maximum absolute atomic E-state index is 12.0. The molecule has 0 radical (unpaired) electrons. The molecular weight excluding hydrogens is 318 g/mol. The SMILES string of the molecule is O=C(O)C1(NS(=O)(=O)C=Cc2ccc(Cl)cc2)CCOC1. The number of carboxylic acid groups (broad SMARTS) is 1. The molecule has 0 spiro atoms. The third-order valence-electron chi connectivity index (χ3n) is 3.08. The minimum atomic E-state index is -3.90. The van der Waals surface area contributed by atoms with Crippen molar-refractivity contribution in [3.8, 4) is 0 Å². The number of halogens is 1. The minimum absolute atomic E-state index is 0.0936. The lowest BCUT2D eigenvalue weighted by atomic mass is 10.0. The first-order valence-electron chi connectivity index (χ1n) is 6.12. The van der Waals surface area contributed by atoms with Crippen LogP contribution in [0.1, 0.15) is 12.0 Å². The number of carboxylic acids is 1. The van der Waals surface area contributed by atoms with Crippen LogP contribution in [0.3, 0.4) is 0 Å². The van der Waals surface area contributed by atoms with E-state index in [2.05, 4.69) is 4.72 Å². The fourth-order valence-electron chi connectivity index (χ4n) is 1.91. The van der Waals surface area contributed by atoms with Crippen LogP contribution in [-0.2, 0) is 19.6 Å². The summed E-state index contributed by atoms with van der Waals surface area (Å²) in [5, 5.41) is 10.7. The summed E-state index contributed by atoms with van der Waals surface area (Å²) in [4.78, 5) is 11.3. The van der Waals surface area contributed by atoms with Crippen molar-refractivity contribution in [2.75, 3.05) is 13.2 Å². The zero-order chi connectivity index (χ0) is 15.5. The van der Waals surface area contributed by atoms with E-state index in [9.17, 15) is 18.3 Å². The molecule has 1 aromatic carbocycles. The zero-order valence-electron chi connectivity index (χ0n) is 11.0. The van der Waals surface area contributed by atoms with Gasteiger partial charge in [0.05, 0.1) is 6.61 Å². The lowest BCUT2D eigenvalue weighted by Gasteiger charge is -2.22. The second kappa shape index (κ2) is 6.15. The molecule has 1 aromatic rings. The van der Waals surface area contributed by atoms with E-state index in [0.29, 0.717) is 10.6 Å². The highest BCUT2D eigenvalue weighted by atomic mass is 35.5. The first-order valence-corrected chi connectivity index (χ1v) is 8.04. The molecule has 1 atom stereocenters. The molecule has 0 saturated carbocycles. The second-order valence-corrected chi connectivity index (χ2v) is 6.69. The van der Waals surface area contributed by atoms with Crippen molar-refractivity contribution >= 4 is 33.7 Å². The van der Waals surface area contributed by atoms with Crippen LogP contribution in [0.2, 0.25) is 5.02 Å². The van der Waals surface area contributed by atoms with Gasteiger partial charge >= 0.3 is 5.97 Å². The van der Waals surface area contributed by atoms with Gasteiger partial charge in [-0.05, 0) is 23.8 Å². The fourth-order valence-corrected chi connectivity index (χ4v) is 3.23. The monoisotopic (exact) mass is 331 g/mol. The molecule has 8 heteroatoms. The minimum Gasteiger partial charge on any atom is -0.480 e. The molecule has 6 nitrogen and oxygen atoms in total. The molecule has 114 valence electrons. The summed E-state index contributed by atoms with van der Waals surface area (Å²) in [5.41, 5.74) is -0.958. The summed E-state index contributed by atoms with van der Waals surface area (Å²) >= 11 is 5.73. The van der Waals surface area contributed by atoms with E-state index < -0.39 is 21.5 Å².